The van der Waals surface area contributed by atoms with Gasteiger partial charge in [0.1, 0.15) is 5.75 Å². The van der Waals surface area contributed by atoms with Crippen LogP contribution in [0, 0.1) is 0 Å². The van der Waals surface area contributed by atoms with E-state index in [0.29, 0.717) is 36.9 Å². The molecule has 17 heavy (non-hydrogen) atoms. The standard InChI is InChI=1S/C12H14N2O3/c1-2-16-8-7-11-13-12(17-14-11)9-5-3-4-6-10(9)15/h3-6,15H,2,7-8H2,1H3. The zero-order valence-electron chi connectivity index (χ0n) is 9.59. The van der Waals surface area contributed by atoms with Gasteiger partial charge in [-0.2, -0.15) is 4.98 Å². The number of phenolic OH excluding ortho intramolecular Hbond substituents is 1. The Morgan fingerprint density at radius 3 is 2.94 bits per heavy atom. The van der Waals surface area contributed by atoms with E-state index in [1.807, 2.05) is 6.92 Å². The van der Waals surface area contributed by atoms with E-state index < -0.39 is 0 Å². The topological polar surface area (TPSA) is 68.4 Å². The highest BCUT2D eigenvalue weighted by atomic mass is 16.5. The number of benzene rings is 1. The molecule has 1 aromatic carbocycles. The Kier molecular flexibility index (Phi) is 3.72. The van der Waals surface area contributed by atoms with Gasteiger partial charge in [-0.1, -0.05) is 17.3 Å². The minimum Gasteiger partial charge on any atom is -0.507 e. The lowest BCUT2D eigenvalue weighted by molar-refractivity contribution is 0.149. The monoisotopic (exact) mass is 234 g/mol. The van der Waals surface area contributed by atoms with Crippen molar-refractivity contribution in [2.45, 2.75) is 13.3 Å². The molecule has 0 aliphatic carbocycles. The molecular formula is C12H14N2O3. The second kappa shape index (κ2) is 5.45. The van der Waals surface area contributed by atoms with Crippen LogP contribution in [-0.4, -0.2) is 28.5 Å². The number of nitrogens with zero attached hydrogens (tertiary/aromatic N) is 2. The van der Waals surface area contributed by atoms with Crippen LogP contribution in [0.2, 0.25) is 0 Å². The molecule has 1 heterocycles. The predicted molar refractivity (Wildman–Crippen MR) is 61.6 cm³/mol. The minimum absolute atomic E-state index is 0.132. The smallest absolute Gasteiger partial charge is 0.261 e. The number of hydrogen-bond acceptors (Lipinski definition) is 5. The zero-order valence-corrected chi connectivity index (χ0v) is 9.59. The number of para-hydroxylation sites is 1. The van der Waals surface area contributed by atoms with E-state index in [4.69, 9.17) is 9.26 Å². The molecule has 1 aromatic heterocycles. The third-order valence-corrected chi connectivity index (χ3v) is 2.28. The Bertz CT molecular complexity index is 482. The van der Waals surface area contributed by atoms with Crippen molar-refractivity contribution < 1.29 is 14.4 Å². The molecule has 0 aliphatic heterocycles. The molecule has 90 valence electrons. The number of hydrogen-bond donors (Lipinski definition) is 1. The van der Waals surface area contributed by atoms with E-state index in [1.165, 1.54) is 0 Å². The molecule has 5 nitrogen and oxygen atoms in total. The van der Waals surface area contributed by atoms with Crippen LogP contribution in [0.5, 0.6) is 5.75 Å². The van der Waals surface area contributed by atoms with Crippen LogP contribution in [0.3, 0.4) is 0 Å². The Hall–Kier alpha value is -1.88. The summed E-state index contributed by atoms with van der Waals surface area (Å²) in [6.07, 6.45) is 0.602. The van der Waals surface area contributed by atoms with Gasteiger partial charge in [-0.15, -0.1) is 0 Å². The summed E-state index contributed by atoms with van der Waals surface area (Å²) in [6, 6.07) is 6.86. The first-order valence-electron chi connectivity index (χ1n) is 5.50. The van der Waals surface area contributed by atoms with Gasteiger partial charge in [-0.25, -0.2) is 0 Å². The van der Waals surface area contributed by atoms with Gasteiger partial charge >= 0.3 is 0 Å². The minimum atomic E-state index is 0.132. The average Bonchev–Trinajstić information content (AvgIpc) is 2.79. The van der Waals surface area contributed by atoms with Gasteiger partial charge in [0.25, 0.3) is 5.89 Å². The van der Waals surface area contributed by atoms with E-state index in [0.717, 1.165) is 0 Å². The van der Waals surface area contributed by atoms with Crippen LogP contribution in [0.4, 0.5) is 0 Å². The number of phenols is 1. The lowest BCUT2D eigenvalue weighted by atomic mass is 10.2. The molecule has 0 amide bonds. The second-order valence-corrected chi connectivity index (χ2v) is 3.48. The fraction of sp³-hybridized carbons (Fsp3) is 0.333. The van der Waals surface area contributed by atoms with E-state index in [2.05, 4.69) is 10.1 Å². The summed E-state index contributed by atoms with van der Waals surface area (Å²) in [5.74, 6) is 1.04. The Morgan fingerprint density at radius 1 is 1.35 bits per heavy atom. The first-order chi connectivity index (χ1) is 8.31. The molecule has 0 saturated heterocycles. The zero-order chi connectivity index (χ0) is 12.1. The molecule has 0 bridgehead atoms. The summed E-state index contributed by atoms with van der Waals surface area (Å²) in [7, 11) is 0. The summed E-state index contributed by atoms with van der Waals surface area (Å²) < 4.78 is 10.3. The third kappa shape index (κ3) is 2.82. The molecule has 0 spiro atoms. The first kappa shape index (κ1) is 11.6. The van der Waals surface area contributed by atoms with Gasteiger partial charge in [0, 0.05) is 13.0 Å². The molecule has 0 unspecified atom stereocenters. The second-order valence-electron chi connectivity index (χ2n) is 3.48. The van der Waals surface area contributed by atoms with E-state index in [-0.39, 0.29) is 5.75 Å². The molecule has 5 heteroatoms. The average molecular weight is 234 g/mol. The van der Waals surface area contributed by atoms with Crippen molar-refractivity contribution in [3.8, 4) is 17.2 Å². The van der Waals surface area contributed by atoms with Crippen LogP contribution in [0.1, 0.15) is 12.7 Å². The summed E-state index contributed by atoms with van der Waals surface area (Å²) in [5.41, 5.74) is 0.544. The number of aromatic nitrogens is 2. The molecule has 2 aromatic rings. The van der Waals surface area contributed by atoms with Gasteiger partial charge in [-0.05, 0) is 19.1 Å². The van der Waals surface area contributed by atoms with Crippen LogP contribution in [0.25, 0.3) is 11.5 Å². The van der Waals surface area contributed by atoms with E-state index in [1.54, 1.807) is 24.3 Å². The molecule has 0 atom stereocenters. The van der Waals surface area contributed by atoms with Crippen LogP contribution in [0.15, 0.2) is 28.8 Å². The van der Waals surface area contributed by atoms with Crippen molar-refractivity contribution >= 4 is 0 Å². The number of rotatable bonds is 5. The van der Waals surface area contributed by atoms with E-state index in [9.17, 15) is 5.11 Å². The quantitative estimate of drug-likeness (QED) is 0.801. The number of ether oxygens (including phenoxy) is 1. The third-order valence-electron chi connectivity index (χ3n) is 2.28. The lowest BCUT2D eigenvalue weighted by Gasteiger charge is -1.97. The molecule has 0 aliphatic rings. The molecule has 0 radical (unpaired) electrons. The highest BCUT2D eigenvalue weighted by Crippen LogP contribution is 2.26. The predicted octanol–water partition coefficient (Wildman–Crippen LogP) is 2.02. The van der Waals surface area contributed by atoms with E-state index >= 15 is 0 Å². The maximum Gasteiger partial charge on any atom is 0.261 e. The number of aromatic hydroxyl groups is 1. The van der Waals surface area contributed by atoms with Gasteiger partial charge in [0.15, 0.2) is 5.82 Å². The maximum atomic E-state index is 9.63. The van der Waals surface area contributed by atoms with Crippen molar-refractivity contribution in [3.05, 3.63) is 30.1 Å². The van der Waals surface area contributed by atoms with Crippen molar-refractivity contribution in [1.82, 2.24) is 10.1 Å². The highest BCUT2D eigenvalue weighted by molar-refractivity contribution is 5.61. The van der Waals surface area contributed by atoms with Crippen LogP contribution >= 0.6 is 0 Å². The van der Waals surface area contributed by atoms with Crippen molar-refractivity contribution in [1.29, 1.82) is 0 Å². The van der Waals surface area contributed by atoms with Crippen LogP contribution < -0.4 is 0 Å². The fourth-order valence-electron chi connectivity index (χ4n) is 1.43. The Balaban J connectivity index is 2.10. The van der Waals surface area contributed by atoms with Gasteiger partial charge in [0.05, 0.1) is 12.2 Å². The lowest BCUT2D eigenvalue weighted by Crippen LogP contribution is -1.99. The largest absolute Gasteiger partial charge is 0.507 e. The van der Waals surface area contributed by atoms with Gasteiger partial charge in [0.2, 0.25) is 0 Å². The van der Waals surface area contributed by atoms with Gasteiger partial charge in [-0.3, -0.25) is 0 Å². The molecule has 2 rings (SSSR count). The summed E-state index contributed by atoms with van der Waals surface area (Å²) in [4.78, 5) is 4.20. The Labute approximate surface area is 99.0 Å². The normalized spacial score (nSPS) is 10.6. The SMILES string of the molecule is CCOCCc1noc(-c2ccccc2O)n1. The molecule has 0 fully saturated rings. The van der Waals surface area contributed by atoms with Crippen molar-refractivity contribution in [3.63, 3.8) is 0 Å². The Morgan fingerprint density at radius 2 is 2.18 bits per heavy atom. The highest BCUT2D eigenvalue weighted by Gasteiger charge is 2.11. The molecular weight excluding hydrogens is 220 g/mol. The van der Waals surface area contributed by atoms with Gasteiger partial charge < -0.3 is 14.4 Å². The first-order valence-corrected chi connectivity index (χ1v) is 5.50. The fourth-order valence-corrected chi connectivity index (χ4v) is 1.43. The molecule has 1 N–H and O–H groups in total. The van der Waals surface area contributed by atoms with Crippen molar-refractivity contribution in [2.24, 2.45) is 0 Å². The summed E-state index contributed by atoms with van der Waals surface area (Å²) >= 11 is 0. The molecule has 0 saturated carbocycles. The summed E-state index contributed by atoms with van der Waals surface area (Å²) in [6.45, 7) is 3.17. The summed E-state index contributed by atoms with van der Waals surface area (Å²) in [5, 5.41) is 13.5. The maximum absolute atomic E-state index is 9.63. The van der Waals surface area contributed by atoms with Crippen molar-refractivity contribution in [2.75, 3.05) is 13.2 Å². The van der Waals surface area contributed by atoms with Crippen LogP contribution in [-0.2, 0) is 11.2 Å².